The minimum absolute atomic E-state index is 0.348. The van der Waals surface area contributed by atoms with Gasteiger partial charge in [-0.25, -0.2) is 9.98 Å². The van der Waals surface area contributed by atoms with Gasteiger partial charge in [0, 0.05) is 11.8 Å². The van der Waals surface area contributed by atoms with E-state index in [1.54, 1.807) is 11.3 Å². The standard InChI is InChI=1S/C23H19N7S/c24-22-26-21(30-18-10-5-4-9-17(18)25-23(30)27-22)16-14-29(13-15-7-2-1-3-8-15)28-20(16)19-11-6-12-31-19/h1-12,14,21H,13H2,(H3,24,25,26,27)/t21-/m0/s1. The zero-order chi connectivity index (χ0) is 20.8. The molecule has 0 aliphatic carbocycles. The lowest BCUT2D eigenvalue weighted by atomic mass is 10.1. The first kappa shape index (κ1) is 17.9. The van der Waals surface area contributed by atoms with E-state index in [2.05, 4.69) is 45.7 Å². The van der Waals surface area contributed by atoms with Crippen molar-refractivity contribution in [3.05, 3.63) is 89.4 Å². The molecule has 2 aromatic carbocycles. The lowest BCUT2D eigenvalue weighted by molar-refractivity contribution is 0.623. The van der Waals surface area contributed by atoms with Gasteiger partial charge >= 0.3 is 0 Å². The van der Waals surface area contributed by atoms with E-state index >= 15 is 0 Å². The molecule has 1 aliphatic rings. The Morgan fingerprint density at radius 1 is 1.00 bits per heavy atom. The summed E-state index contributed by atoms with van der Waals surface area (Å²) in [5.41, 5.74) is 11.2. The number of para-hydroxylation sites is 2. The van der Waals surface area contributed by atoms with Gasteiger partial charge in [-0.05, 0) is 29.1 Å². The van der Waals surface area contributed by atoms with Crippen molar-refractivity contribution in [2.45, 2.75) is 12.7 Å². The smallest absolute Gasteiger partial charge is 0.212 e. The van der Waals surface area contributed by atoms with E-state index in [9.17, 15) is 0 Å². The van der Waals surface area contributed by atoms with E-state index in [0.29, 0.717) is 18.5 Å². The highest BCUT2D eigenvalue weighted by Crippen LogP contribution is 2.37. The minimum atomic E-state index is -0.356. The lowest BCUT2D eigenvalue weighted by Gasteiger charge is -2.23. The van der Waals surface area contributed by atoms with Crippen molar-refractivity contribution < 1.29 is 0 Å². The number of nitrogens with one attached hydrogen (secondary N) is 1. The highest BCUT2D eigenvalue weighted by Gasteiger charge is 2.29. The average Bonchev–Trinajstić information content (AvgIpc) is 3.52. The Balaban J connectivity index is 1.53. The summed E-state index contributed by atoms with van der Waals surface area (Å²) >= 11 is 1.67. The topological polar surface area (TPSA) is 86.0 Å². The number of benzene rings is 2. The van der Waals surface area contributed by atoms with Crippen LogP contribution in [0.15, 0.2) is 83.3 Å². The van der Waals surface area contributed by atoms with Crippen molar-refractivity contribution in [3.63, 3.8) is 0 Å². The number of fused-ring (bicyclic) bond motifs is 3. The Morgan fingerprint density at radius 2 is 1.84 bits per heavy atom. The summed E-state index contributed by atoms with van der Waals surface area (Å²) in [6, 6.07) is 22.5. The average molecular weight is 426 g/mol. The van der Waals surface area contributed by atoms with Gasteiger partial charge in [0.15, 0.2) is 12.1 Å². The molecule has 0 fully saturated rings. The van der Waals surface area contributed by atoms with Crippen molar-refractivity contribution >= 4 is 34.3 Å². The summed E-state index contributed by atoms with van der Waals surface area (Å²) in [5, 5.41) is 10.1. The molecular weight excluding hydrogens is 406 g/mol. The third-order valence-corrected chi connectivity index (χ3v) is 6.23. The third kappa shape index (κ3) is 3.08. The molecule has 0 spiro atoms. The fourth-order valence-corrected chi connectivity index (χ4v) is 4.74. The van der Waals surface area contributed by atoms with E-state index in [-0.39, 0.29) is 6.17 Å². The molecule has 5 aromatic rings. The summed E-state index contributed by atoms with van der Waals surface area (Å²) in [6.45, 7) is 0.681. The second-order valence-electron chi connectivity index (χ2n) is 7.40. The molecule has 0 saturated carbocycles. The normalized spacial score (nSPS) is 15.5. The quantitative estimate of drug-likeness (QED) is 0.450. The minimum Gasteiger partial charge on any atom is -0.370 e. The van der Waals surface area contributed by atoms with Crippen molar-refractivity contribution in [2.75, 3.05) is 5.32 Å². The van der Waals surface area contributed by atoms with Gasteiger partial charge in [-0.1, -0.05) is 48.5 Å². The SMILES string of the molecule is NC1=N[C@H](c2cn(Cc3ccccc3)nc2-c2cccs2)n2c(nc3ccccc32)N1. The predicted octanol–water partition coefficient (Wildman–Crippen LogP) is 4.30. The Bertz CT molecular complexity index is 1400. The molecule has 31 heavy (non-hydrogen) atoms. The van der Waals surface area contributed by atoms with Crippen molar-refractivity contribution in [1.29, 1.82) is 0 Å². The van der Waals surface area contributed by atoms with Crippen LogP contribution in [0.1, 0.15) is 17.3 Å². The molecule has 1 atom stereocenters. The summed E-state index contributed by atoms with van der Waals surface area (Å²) in [4.78, 5) is 10.6. The molecule has 152 valence electrons. The molecule has 0 bridgehead atoms. The van der Waals surface area contributed by atoms with E-state index in [0.717, 1.165) is 27.2 Å². The number of hydrogen-bond acceptors (Lipinski definition) is 6. The molecule has 3 N–H and O–H groups in total. The van der Waals surface area contributed by atoms with E-state index in [4.69, 9.17) is 20.8 Å². The first-order chi connectivity index (χ1) is 15.3. The van der Waals surface area contributed by atoms with Crippen LogP contribution in [0.4, 0.5) is 5.95 Å². The van der Waals surface area contributed by atoms with E-state index in [1.165, 1.54) is 5.56 Å². The molecule has 8 heteroatoms. The summed E-state index contributed by atoms with van der Waals surface area (Å²) in [6.07, 6.45) is 1.72. The number of imidazole rings is 1. The molecule has 6 rings (SSSR count). The number of hydrogen-bond donors (Lipinski definition) is 2. The second kappa shape index (κ2) is 7.10. The zero-order valence-electron chi connectivity index (χ0n) is 16.5. The van der Waals surface area contributed by atoms with Crippen LogP contribution in [0.2, 0.25) is 0 Å². The zero-order valence-corrected chi connectivity index (χ0v) is 17.3. The van der Waals surface area contributed by atoms with Gasteiger partial charge in [0.2, 0.25) is 5.95 Å². The predicted molar refractivity (Wildman–Crippen MR) is 124 cm³/mol. The number of thiophene rings is 1. The number of aromatic nitrogens is 4. The fourth-order valence-electron chi connectivity index (χ4n) is 4.01. The van der Waals surface area contributed by atoms with Gasteiger partial charge in [0.05, 0.1) is 22.5 Å². The number of nitrogens with zero attached hydrogens (tertiary/aromatic N) is 5. The highest BCUT2D eigenvalue weighted by molar-refractivity contribution is 7.13. The molecule has 0 unspecified atom stereocenters. The molecule has 4 heterocycles. The van der Waals surface area contributed by atoms with Crippen LogP contribution in [0, 0.1) is 0 Å². The molecule has 7 nitrogen and oxygen atoms in total. The van der Waals surface area contributed by atoms with Crippen LogP contribution < -0.4 is 11.1 Å². The first-order valence-corrected chi connectivity index (χ1v) is 10.9. The maximum atomic E-state index is 6.16. The van der Waals surface area contributed by atoms with Crippen LogP contribution in [-0.2, 0) is 6.54 Å². The molecule has 1 aliphatic heterocycles. The Labute approximate surface area is 182 Å². The van der Waals surface area contributed by atoms with Crippen molar-refractivity contribution in [2.24, 2.45) is 10.7 Å². The highest BCUT2D eigenvalue weighted by atomic mass is 32.1. The fraction of sp³-hybridized carbons (Fsp3) is 0.0870. The number of nitrogens with two attached hydrogens (primary N) is 1. The van der Waals surface area contributed by atoms with Gasteiger partial charge in [-0.2, -0.15) is 5.10 Å². The largest absolute Gasteiger partial charge is 0.370 e. The van der Waals surface area contributed by atoms with Crippen LogP contribution in [-0.4, -0.2) is 25.3 Å². The van der Waals surface area contributed by atoms with Crippen LogP contribution in [0.5, 0.6) is 0 Å². The van der Waals surface area contributed by atoms with Crippen molar-refractivity contribution in [1.82, 2.24) is 19.3 Å². The number of anilines is 1. The summed E-state index contributed by atoms with van der Waals surface area (Å²) in [5.74, 6) is 1.03. The molecule has 0 saturated heterocycles. The molecular formula is C23H19N7S. The van der Waals surface area contributed by atoms with Gasteiger partial charge in [-0.15, -0.1) is 11.3 Å². The maximum absolute atomic E-state index is 6.16. The molecule has 0 amide bonds. The third-order valence-electron chi connectivity index (χ3n) is 5.35. The number of rotatable bonds is 4. The van der Waals surface area contributed by atoms with Crippen LogP contribution >= 0.6 is 11.3 Å². The van der Waals surface area contributed by atoms with Crippen LogP contribution in [0.25, 0.3) is 21.6 Å². The monoisotopic (exact) mass is 425 g/mol. The maximum Gasteiger partial charge on any atom is 0.212 e. The Hall–Kier alpha value is -3.91. The lowest BCUT2D eigenvalue weighted by Crippen LogP contribution is -2.31. The first-order valence-electron chi connectivity index (χ1n) is 9.99. The number of aliphatic imine (C=N–C) groups is 1. The van der Waals surface area contributed by atoms with Gasteiger partial charge < -0.3 is 5.73 Å². The van der Waals surface area contributed by atoms with Gasteiger partial charge in [0.1, 0.15) is 5.69 Å². The van der Waals surface area contributed by atoms with Gasteiger partial charge in [0.25, 0.3) is 0 Å². The summed E-state index contributed by atoms with van der Waals surface area (Å²) in [7, 11) is 0. The summed E-state index contributed by atoms with van der Waals surface area (Å²) < 4.78 is 4.07. The second-order valence-corrected chi connectivity index (χ2v) is 8.35. The Morgan fingerprint density at radius 3 is 2.68 bits per heavy atom. The van der Waals surface area contributed by atoms with Crippen molar-refractivity contribution in [3.8, 4) is 10.6 Å². The Kier molecular flexibility index (Phi) is 4.10. The number of guanidine groups is 1. The molecule has 0 radical (unpaired) electrons. The molecule has 3 aromatic heterocycles. The van der Waals surface area contributed by atoms with E-state index < -0.39 is 0 Å². The van der Waals surface area contributed by atoms with E-state index in [1.807, 2.05) is 47.1 Å². The van der Waals surface area contributed by atoms with Gasteiger partial charge in [-0.3, -0.25) is 14.6 Å². The van der Waals surface area contributed by atoms with Crippen LogP contribution in [0.3, 0.4) is 0 Å².